The molecule has 1 atom stereocenters. The summed E-state index contributed by atoms with van der Waals surface area (Å²) in [5, 5.41) is 3.16. The molecule has 27 heavy (non-hydrogen) atoms. The van der Waals surface area contributed by atoms with Crippen LogP contribution in [0.2, 0.25) is 0 Å². The number of thiazole rings is 1. The molecule has 0 saturated carbocycles. The Labute approximate surface area is 162 Å². The fourth-order valence-corrected chi connectivity index (χ4v) is 3.61. The lowest BCUT2D eigenvalue weighted by molar-refractivity contribution is 0.0600. The van der Waals surface area contributed by atoms with Gasteiger partial charge in [0.05, 0.1) is 24.4 Å². The van der Waals surface area contributed by atoms with E-state index in [4.69, 9.17) is 9.15 Å². The minimum Gasteiger partial charge on any atom is -0.465 e. The van der Waals surface area contributed by atoms with Gasteiger partial charge >= 0.3 is 5.97 Å². The van der Waals surface area contributed by atoms with Crippen molar-refractivity contribution in [3.63, 3.8) is 0 Å². The molecule has 6 nitrogen and oxygen atoms in total. The number of methoxy groups -OCH3 is 1. The number of rotatable bonds is 6. The lowest BCUT2D eigenvalue weighted by Gasteiger charge is -2.21. The zero-order valence-corrected chi connectivity index (χ0v) is 17.0. The first-order valence-corrected chi connectivity index (χ1v) is 9.54. The minimum atomic E-state index is -0.362. The summed E-state index contributed by atoms with van der Waals surface area (Å²) >= 11 is 1.67. The predicted molar refractivity (Wildman–Crippen MR) is 105 cm³/mol. The minimum absolute atomic E-state index is 0.197. The Morgan fingerprint density at radius 1 is 1.26 bits per heavy atom. The number of benzene rings is 1. The first kappa shape index (κ1) is 19.3. The second-order valence-electron chi connectivity index (χ2n) is 6.51. The summed E-state index contributed by atoms with van der Waals surface area (Å²) in [5.41, 5.74) is 3.26. The number of hydrogen-bond donors (Lipinski definition) is 0. The number of aromatic nitrogens is 2. The van der Waals surface area contributed by atoms with Gasteiger partial charge in [-0.2, -0.15) is 0 Å². The van der Waals surface area contributed by atoms with Crippen LogP contribution in [0.4, 0.5) is 0 Å². The van der Waals surface area contributed by atoms with Gasteiger partial charge in [-0.15, -0.1) is 11.3 Å². The second kappa shape index (κ2) is 8.02. The van der Waals surface area contributed by atoms with Crippen molar-refractivity contribution >= 4 is 17.3 Å². The first-order chi connectivity index (χ1) is 12.9. The van der Waals surface area contributed by atoms with Crippen LogP contribution in [0.3, 0.4) is 0 Å². The Morgan fingerprint density at radius 3 is 2.56 bits per heavy atom. The average Bonchev–Trinajstić information content (AvgIpc) is 3.26. The predicted octanol–water partition coefficient (Wildman–Crippen LogP) is 4.39. The molecule has 0 saturated heterocycles. The maximum atomic E-state index is 11.6. The molecule has 0 bridgehead atoms. The molecule has 0 fully saturated rings. The van der Waals surface area contributed by atoms with Gasteiger partial charge < -0.3 is 9.15 Å². The molecule has 7 heteroatoms. The van der Waals surface area contributed by atoms with Crippen LogP contribution in [0.5, 0.6) is 0 Å². The van der Waals surface area contributed by atoms with E-state index in [0.717, 1.165) is 27.7 Å². The Kier molecular flexibility index (Phi) is 5.72. The van der Waals surface area contributed by atoms with Gasteiger partial charge in [0.1, 0.15) is 10.8 Å². The molecule has 142 valence electrons. The van der Waals surface area contributed by atoms with Gasteiger partial charge in [0.2, 0.25) is 5.89 Å². The summed E-state index contributed by atoms with van der Waals surface area (Å²) in [6.07, 6.45) is 0. The maximum absolute atomic E-state index is 11.6. The molecule has 0 unspecified atom stereocenters. The SMILES string of the molecule is COC(=O)c1ccc(-c2nc(CN(C)[C@H](C)c3nc(C)cs3)c(C)o2)cc1. The molecule has 2 aromatic heterocycles. The van der Waals surface area contributed by atoms with Crippen molar-refractivity contribution in [2.24, 2.45) is 0 Å². The number of oxazole rings is 1. The third kappa shape index (κ3) is 4.26. The number of carbonyl (C=O) groups excluding carboxylic acids is 1. The number of hydrogen-bond acceptors (Lipinski definition) is 7. The van der Waals surface area contributed by atoms with Gasteiger partial charge in [-0.1, -0.05) is 0 Å². The summed E-state index contributed by atoms with van der Waals surface area (Å²) in [6.45, 7) is 6.72. The molecule has 0 spiro atoms. The Hall–Kier alpha value is -2.51. The van der Waals surface area contributed by atoms with Crippen LogP contribution >= 0.6 is 11.3 Å². The summed E-state index contributed by atoms with van der Waals surface area (Å²) in [5.74, 6) is 0.973. The van der Waals surface area contributed by atoms with E-state index in [1.165, 1.54) is 7.11 Å². The smallest absolute Gasteiger partial charge is 0.337 e. The van der Waals surface area contributed by atoms with Crippen LogP contribution in [0, 0.1) is 13.8 Å². The monoisotopic (exact) mass is 385 g/mol. The van der Waals surface area contributed by atoms with Crippen LogP contribution in [0.25, 0.3) is 11.5 Å². The molecule has 1 aromatic carbocycles. The van der Waals surface area contributed by atoms with Crippen molar-refractivity contribution in [3.05, 3.63) is 57.4 Å². The van der Waals surface area contributed by atoms with E-state index in [9.17, 15) is 4.79 Å². The van der Waals surface area contributed by atoms with E-state index in [-0.39, 0.29) is 12.0 Å². The molecule has 0 N–H and O–H groups in total. The zero-order chi connectivity index (χ0) is 19.6. The van der Waals surface area contributed by atoms with E-state index in [0.29, 0.717) is 18.0 Å². The Balaban J connectivity index is 1.75. The Morgan fingerprint density at radius 2 is 1.96 bits per heavy atom. The molecule has 0 aliphatic rings. The highest BCUT2D eigenvalue weighted by Gasteiger charge is 2.19. The van der Waals surface area contributed by atoms with Crippen LogP contribution in [-0.4, -0.2) is 35.0 Å². The summed E-state index contributed by atoms with van der Waals surface area (Å²) < 4.78 is 10.6. The summed E-state index contributed by atoms with van der Waals surface area (Å²) in [6, 6.07) is 7.24. The molecule has 2 heterocycles. The van der Waals surface area contributed by atoms with E-state index in [2.05, 4.69) is 34.2 Å². The fraction of sp³-hybridized carbons (Fsp3) is 0.350. The largest absolute Gasteiger partial charge is 0.465 e. The van der Waals surface area contributed by atoms with Crippen molar-refractivity contribution in [1.82, 2.24) is 14.9 Å². The fourth-order valence-electron chi connectivity index (χ4n) is 2.69. The van der Waals surface area contributed by atoms with Gasteiger partial charge in [0, 0.05) is 23.2 Å². The number of aryl methyl sites for hydroxylation is 2. The quantitative estimate of drug-likeness (QED) is 0.586. The van der Waals surface area contributed by atoms with Gasteiger partial charge in [-0.05, 0) is 52.1 Å². The molecule has 0 aliphatic carbocycles. The summed E-state index contributed by atoms with van der Waals surface area (Å²) in [4.78, 5) is 23.0. The van der Waals surface area contributed by atoms with E-state index >= 15 is 0 Å². The average molecular weight is 385 g/mol. The molecule has 0 aliphatic heterocycles. The van der Waals surface area contributed by atoms with Crippen molar-refractivity contribution in [3.8, 4) is 11.5 Å². The highest BCUT2D eigenvalue weighted by Crippen LogP contribution is 2.27. The lowest BCUT2D eigenvalue weighted by atomic mass is 10.1. The lowest BCUT2D eigenvalue weighted by Crippen LogP contribution is -2.22. The van der Waals surface area contributed by atoms with Crippen LogP contribution in [-0.2, 0) is 11.3 Å². The van der Waals surface area contributed by atoms with Crippen LogP contribution < -0.4 is 0 Å². The third-order valence-corrected chi connectivity index (χ3v) is 5.63. The van der Waals surface area contributed by atoms with Crippen molar-refractivity contribution in [2.45, 2.75) is 33.4 Å². The molecule has 3 rings (SSSR count). The van der Waals surface area contributed by atoms with Crippen LogP contribution in [0.15, 0.2) is 34.1 Å². The zero-order valence-electron chi connectivity index (χ0n) is 16.1. The molecule has 3 aromatic rings. The second-order valence-corrected chi connectivity index (χ2v) is 7.40. The standard InChI is InChI=1S/C20H23N3O3S/c1-12-11-27-19(21-12)13(2)23(4)10-17-14(3)26-18(22-17)15-6-8-16(9-7-15)20(24)25-5/h6-9,11,13H,10H2,1-5H3/t13-/m1/s1. The number of nitrogens with zero attached hydrogens (tertiary/aromatic N) is 3. The normalized spacial score (nSPS) is 12.4. The third-order valence-electron chi connectivity index (χ3n) is 4.50. The van der Waals surface area contributed by atoms with E-state index < -0.39 is 0 Å². The topological polar surface area (TPSA) is 68.5 Å². The number of esters is 1. The number of carbonyl (C=O) groups is 1. The summed E-state index contributed by atoms with van der Waals surface area (Å²) in [7, 11) is 3.42. The van der Waals surface area contributed by atoms with Crippen molar-refractivity contribution < 1.29 is 13.9 Å². The van der Waals surface area contributed by atoms with Gasteiger partial charge in [0.15, 0.2) is 0 Å². The number of ether oxygens (including phenoxy) is 1. The molecule has 0 radical (unpaired) electrons. The maximum Gasteiger partial charge on any atom is 0.337 e. The van der Waals surface area contributed by atoms with E-state index in [1.807, 2.05) is 26.0 Å². The molecular weight excluding hydrogens is 362 g/mol. The molecular formula is C20H23N3O3S. The highest BCUT2D eigenvalue weighted by molar-refractivity contribution is 7.09. The first-order valence-electron chi connectivity index (χ1n) is 8.66. The highest BCUT2D eigenvalue weighted by atomic mass is 32.1. The van der Waals surface area contributed by atoms with Gasteiger partial charge in [0.25, 0.3) is 0 Å². The van der Waals surface area contributed by atoms with Crippen LogP contribution in [0.1, 0.15) is 45.5 Å². The Bertz CT molecular complexity index is 930. The van der Waals surface area contributed by atoms with Crippen molar-refractivity contribution in [2.75, 3.05) is 14.2 Å². The van der Waals surface area contributed by atoms with Crippen molar-refractivity contribution in [1.29, 1.82) is 0 Å². The van der Waals surface area contributed by atoms with Gasteiger partial charge in [-0.3, -0.25) is 4.90 Å². The molecule has 0 amide bonds. The van der Waals surface area contributed by atoms with Gasteiger partial charge in [-0.25, -0.2) is 14.8 Å². The van der Waals surface area contributed by atoms with E-state index in [1.54, 1.807) is 23.5 Å².